The van der Waals surface area contributed by atoms with Crippen LogP contribution in [0.3, 0.4) is 0 Å². The number of nitrogens with two attached hydrogens (primary N) is 1. The molecule has 0 aromatic carbocycles. The largest absolute Gasteiger partial charge is 0.329 e. The Balaban J connectivity index is 1.92. The molecular formula is C16H34N4. The SMILES string of the molecule is CN(C)CC1CCN(C2(CN)CCCN(C)CC2)CC1. The fourth-order valence-corrected chi connectivity index (χ4v) is 4.07. The van der Waals surface area contributed by atoms with Gasteiger partial charge in [-0.1, -0.05) is 0 Å². The van der Waals surface area contributed by atoms with Gasteiger partial charge in [0.25, 0.3) is 0 Å². The van der Waals surface area contributed by atoms with Gasteiger partial charge < -0.3 is 15.5 Å². The molecule has 4 heteroatoms. The Morgan fingerprint density at radius 2 is 1.80 bits per heavy atom. The standard InChI is InChI=1S/C16H34N4/c1-18(2)13-15-5-10-20(11-6-15)16(14-17)7-4-9-19(3)12-8-16/h15H,4-14,17H2,1-3H3. The van der Waals surface area contributed by atoms with Crippen molar-refractivity contribution in [2.75, 3.05) is 60.4 Å². The number of hydrogen-bond acceptors (Lipinski definition) is 4. The number of hydrogen-bond donors (Lipinski definition) is 1. The lowest BCUT2D eigenvalue weighted by atomic mass is 9.85. The van der Waals surface area contributed by atoms with Gasteiger partial charge in [-0.25, -0.2) is 0 Å². The third-order valence-electron chi connectivity index (χ3n) is 5.43. The minimum atomic E-state index is 0.286. The van der Waals surface area contributed by atoms with Gasteiger partial charge in [-0.3, -0.25) is 4.90 Å². The van der Waals surface area contributed by atoms with Crippen LogP contribution in [-0.4, -0.2) is 80.7 Å². The van der Waals surface area contributed by atoms with Gasteiger partial charge in [0, 0.05) is 18.6 Å². The molecule has 118 valence electrons. The highest BCUT2D eigenvalue weighted by atomic mass is 15.2. The molecule has 2 aliphatic rings. The summed E-state index contributed by atoms with van der Waals surface area (Å²) >= 11 is 0. The van der Waals surface area contributed by atoms with E-state index in [2.05, 4.69) is 35.8 Å². The topological polar surface area (TPSA) is 35.7 Å². The highest BCUT2D eigenvalue weighted by molar-refractivity contribution is 4.96. The summed E-state index contributed by atoms with van der Waals surface area (Å²) in [5, 5.41) is 0. The van der Waals surface area contributed by atoms with Crippen molar-refractivity contribution in [3.63, 3.8) is 0 Å². The van der Waals surface area contributed by atoms with Gasteiger partial charge in [0.15, 0.2) is 0 Å². The molecule has 2 heterocycles. The van der Waals surface area contributed by atoms with E-state index in [1.54, 1.807) is 0 Å². The van der Waals surface area contributed by atoms with Gasteiger partial charge in [-0.15, -0.1) is 0 Å². The summed E-state index contributed by atoms with van der Waals surface area (Å²) in [7, 11) is 6.62. The quantitative estimate of drug-likeness (QED) is 0.837. The van der Waals surface area contributed by atoms with Crippen LogP contribution in [0.25, 0.3) is 0 Å². The van der Waals surface area contributed by atoms with Crippen molar-refractivity contribution in [3.05, 3.63) is 0 Å². The van der Waals surface area contributed by atoms with Crippen molar-refractivity contribution in [2.45, 2.75) is 37.6 Å². The predicted octanol–water partition coefficient (Wildman–Crippen LogP) is 1.07. The van der Waals surface area contributed by atoms with Crippen molar-refractivity contribution in [1.29, 1.82) is 0 Å². The predicted molar refractivity (Wildman–Crippen MR) is 86.0 cm³/mol. The average molecular weight is 282 g/mol. The van der Waals surface area contributed by atoms with Crippen molar-refractivity contribution >= 4 is 0 Å². The van der Waals surface area contributed by atoms with Gasteiger partial charge in [0.05, 0.1) is 0 Å². The zero-order valence-corrected chi connectivity index (χ0v) is 13.8. The summed E-state index contributed by atoms with van der Waals surface area (Å²) in [6, 6.07) is 0. The zero-order valence-electron chi connectivity index (χ0n) is 13.8. The summed E-state index contributed by atoms with van der Waals surface area (Å²) in [5.41, 5.74) is 6.52. The molecule has 0 aromatic rings. The highest BCUT2D eigenvalue weighted by Crippen LogP contribution is 2.32. The van der Waals surface area contributed by atoms with Gasteiger partial charge in [-0.2, -0.15) is 0 Å². The monoisotopic (exact) mass is 282 g/mol. The first-order chi connectivity index (χ1) is 9.55. The number of nitrogens with zero attached hydrogens (tertiary/aromatic N) is 3. The minimum absolute atomic E-state index is 0.286. The van der Waals surface area contributed by atoms with Gasteiger partial charge in [-0.05, 0) is 85.3 Å². The summed E-state index contributed by atoms with van der Waals surface area (Å²) in [4.78, 5) is 7.54. The lowest BCUT2D eigenvalue weighted by molar-refractivity contribution is 0.0392. The third-order valence-corrected chi connectivity index (χ3v) is 5.43. The summed E-state index contributed by atoms with van der Waals surface area (Å²) in [6.07, 6.45) is 6.52. The highest BCUT2D eigenvalue weighted by Gasteiger charge is 2.38. The first kappa shape index (κ1) is 16.2. The molecule has 0 amide bonds. The molecule has 20 heavy (non-hydrogen) atoms. The van der Waals surface area contributed by atoms with E-state index in [1.807, 2.05) is 0 Å². The van der Waals surface area contributed by atoms with Crippen LogP contribution < -0.4 is 5.73 Å². The van der Waals surface area contributed by atoms with Gasteiger partial charge in [0.1, 0.15) is 0 Å². The van der Waals surface area contributed by atoms with E-state index < -0.39 is 0 Å². The molecule has 0 bridgehead atoms. The number of piperidine rings is 1. The molecule has 2 N–H and O–H groups in total. The van der Waals surface area contributed by atoms with Gasteiger partial charge >= 0.3 is 0 Å². The van der Waals surface area contributed by atoms with Crippen molar-refractivity contribution in [2.24, 2.45) is 11.7 Å². The Morgan fingerprint density at radius 3 is 2.40 bits per heavy atom. The summed E-state index contributed by atoms with van der Waals surface area (Å²) in [6.45, 7) is 7.01. The van der Waals surface area contributed by atoms with Crippen LogP contribution in [-0.2, 0) is 0 Å². The molecule has 2 fully saturated rings. The second-order valence-corrected chi connectivity index (χ2v) is 7.28. The molecule has 0 radical (unpaired) electrons. The second-order valence-electron chi connectivity index (χ2n) is 7.28. The van der Waals surface area contributed by atoms with E-state index in [0.29, 0.717) is 0 Å². The fraction of sp³-hybridized carbons (Fsp3) is 1.00. The Kier molecular flexibility index (Phi) is 5.84. The Hall–Kier alpha value is -0.160. The van der Waals surface area contributed by atoms with E-state index in [9.17, 15) is 0 Å². The lowest BCUT2D eigenvalue weighted by Gasteiger charge is -2.47. The fourth-order valence-electron chi connectivity index (χ4n) is 4.07. The van der Waals surface area contributed by atoms with Crippen molar-refractivity contribution in [1.82, 2.24) is 14.7 Å². The molecule has 0 spiro atoms. The van der Waals surface area contributed by atoms with Crippen LogP contribution >= 0.6 is 0 Å². The lowest BCUT2D eigenvalue weighted by Crippen LogP contribution is -2.57. The molecule has 2 saturated heterocycles. The Labute approximate surface area is 125 Å². The maximum atomic E-state index is 6.23. The van der Waals surface area contributed by atoms with Crippen molar-refractivity contribution < 1.29 is 0 Å². The molecule has 0 saturated carbocycles. The first-order valence-corrected chi connectivity index (χ1v) is 8.34. The molecule has 2 aliphatic heterocycles. The zero-order chi connectivity index (χ0) is 14.6. The normalized spacial score (nSPS) is 31.6. The Bertz CT molecular complexity index is 286. The van der Waals surface area contributed by atoms with E-state index >= 15 is 0 Å². The van der Waals surface area contributed by atoms with Crippen LogP contribution in [0, 0.1) is 5.92 Å². The van der Waals surface area contributed by atoms with E-state index in [-0.39, 0.29) is 5.54 Å². The number of rotatable bonds is 4. The summed E-state index contributed by atoms with van der Waals surface area (Å²) in [5.74, 6) is 0.879. The second kappa shape index (κ2) is 7.21. The third kappa shape index (κ3) is 3.94. The van der Waals surface area contributed by atoms with E-state index in [4.69, 9.17) is 5.73 Å². The van der Waals surface area contributed by atoms with Crippen LogP contribution in [0.5, 0.6) is 0 Å². The molecule has 2 rings (SSSR count). The molecule has 0 aliphatic carbocycles. The van der Waals surface area contributed by atoms with Crippen LogP contribution in [0.15, 0.2) is 0 Å². The van der Waals surface area contributed by atoms with E-state index in [1.165, 1.54) is 64.8 Å². The smallest absolute Gasteiger partial charge is 0.0344 e. The molecular weight excluding hydrogens is 248 g/mol. The van der Waals surface area contributed by atoms with Crippen LogP contribution in [0.4, 0.5) is 0 Å². The molecule has 1 unspecified atom stereocenters. The minimum Gasteiger partial charge on any atom is -0.329 e. The van der Waals surface area contributed by atoms with E-state index in [0.717, 1.165) is 12.5 Å². The van der Waals surface area contributed by atoms with Gasteiger partial charge in [0.2, 0.25) is 0 Å². The molecule has 0 aromatic heterocycles. The maximum absolute atomic E-state index is 6.23. The summed E-state index contributed by atoms with van der Waals surface area (Å²) < 4.78 is 0. The molecule has 1 atom stereocenters. The molecule has 4 nitrogen and oxygen atoms in total. The maximum Gasteiger partial charge on any atom is 0.0344 e. The van der Waals surface area contributed by atoms with Crippen LogP contribution in [0.2, 0.25) is 0 Å². The Morgan fingerprint density at radius 1 is 1.10 bits per heavy atom. The number of likely N-dealkylation sites (tertiary alicyclic amines) is 2. The van der Waals surface area contributed by atoms with Crippen LogP contribution in [0.1, 0.15) is 32.1 Å². The first-order valence-electron chi connectivity index (χ1n) is 8.34. The average Bonchev–Trinajstić information content (AvgIpc) is 2.62. The van der Waals surface area contributed by atoms with Crippen molar-refractivity contribution in [3.8, 4) is 0 Å².